The van der Waals surface area contributed by atoms with Crippen molar-refractivity contribution in [2.45, 2.75) is 56.8 Å². The summed E-state index contributed by atoms with van der Waals surface area (Å²) < 4.78 is 5.05. The zero-order valence-electron chi connectivity index (χ0n) is 39.7. The summed E-state index contributed by atoms with van der Waals surface area (Å²) in [5.74, 6) is 3.02. The van der Waals surface area contributed by atoms with Gasteiger partial charge in [-0.25, -0.2) is 0 Å². The third kappa shape index (κ3) is 5.10. The second-order valence-corrected chi connectivity index (χ2v) is 22.1. The fourth-order valence-electron chi connectivity index (χ4n) is 15.8. The van der Waals surface area contributed by atoms with Crippen LogP contribution < -0.4 is 4.90 Å². The quantitative estimate of drug-likeness (QED) is 0.168. The van der Waals surface area contributed by atoms with Crippen LogP contribution in [-0.4, -0.2) is 9.13 Å². The molecule has 0 N–H and O–H groups in total. The number of anilines is 3. The molecule has 0 atom stereocenters. The highest BCUT2D eigenvalue weighted by Crippen LogP contribution is 2.68. The van der Waals surface area contributed by atoms with Gasteiger partial charge < -0.3 is 14.0 Å². The summed E-state index contributed by atoms with van der Waals surface area (Å²) in [6, 6.07) is 76.5. The van der Waals surface area contributed by atoms with E-state index in [-0.39, 0.29) is 10.8 Å². The number of fused-ring (bicyclic) bond motifs is 11. The molecule has 11 aromatic rings. The molecule has 0 unspecified atom stereocenters. The van der Waals surface area contributed by atoms with Gasteiger partial charge in [-0.05, 0) is 173 Å². The van der Waals surface area contributed by atoms with E-state index in [1.165, 1.54) is 138 Å². The first-order valence-corrected chi connectivity index (χ1v) is 25.8. The van der Waals surface area contributed by atoms with E-state index in [0.717, 1.165) is 11.8 Å². The van der Waals surface area contributed by atoms with Crippen LogP contribution in [0.3, 0.4) is 0 Å². The van der Waals surface area contributed by atoms with Crippen molar-refractivity contribution < 1.29 is 0 Å². The fraction of sp³-hybridized carbons (Fsp3) is 0.194. The molecule has 6 aliphatic rings. The minimum atomic E-state index is -0.125. The van der Waals surface area contributed by atoms with Crippen molar-refractivity contribution in [3.8, 4) is 33.6 Å². The lowest BCUT2D eigenvalue weighted by Gasteiger charge is -2.63. The summed E-state index contributed by atoms with van der Waals surface area (Å²) in [5, 5.41) is 5.27. The average molecular weight is 900 g/mol. The van der Waals surface area contributed by atoms with E-state index < -0.39 is 0 Å². The topological polar surface area (TPSA) is 13.1 Å². The zero-order valence-corrected chi connectivity index (χ0v) is 39.7. The van der Waals surface area contributed by atoms with Crippen LogP contribution in [0.2, 0.25) is 0 Å². The van der Waals surface area contributed by atoms with Crippen molar-refractivity contribution >= 4 is 60.7 Å². The van der Waals surface area contributed by atoms with Gasteiger partial charge in [-0.15, -0.1) is 0 Å². The van der Waals surface area contributed by atoms with Gasteiger partial charge >= 0.3 is 0 Å². The molecule has 3 heteroatoms. The van der Waals surface area contributed by atoms with Gasteiger partial charge in [-0.2, -0.15) is 0 Å². The summed E-state index contributed by atoms with van der Waals surface area (Å²) in [5.41, 5.74) is 22.3. The first kappa shape index (κ1) is 39.3. The molecule has 9 aromatic carbocycles. The van der Waals surface area contributed by atoms with Gasteiger partial charge in [-0.1, -0.05) is 141 Å². The Morgan fingerprint density at radius 2 is 0.914 bits per heavy atom. The fourth-order valence-corrected chi connectivity index (χ4v) is 15.8. The Kier molecular flexibility index (Phi) is 7.86. The molecule has 4 bridgehead atoms. The lowest BCUT2D eigenvalue weighted by Crippen LogP contribution is -2.57. The Labute approximate surface area is 409 Å². The van der Waals surface area contributed by atoms with E-state index in [2.05, 4.69) is 228 Å². The molecule has 1 spiro atoms. The minimum absolute atomic E-state index is 0.0227. The molecular weight excluding hydrogens is 847 g/mol. The third-order valence-corrected chi connectivity index (χ3v) is 18.5. The van der Waals surface area contributed by atoms with Crippen molar-refractivity contribution in [1.29, 1.82) is 0 Å². The maximum atomic E-state index is 2.68. The standard InChI is InChI=1S/C67H53N3/c1-66(2)57-17-7-3-13-51(57)52-32-31-49(39-59(52)66)68(47-27-23-43(24-28-47)44-25-29-48(30-26-44)69-61-19-9-4-14-53(61)54-15-5-10-20-62(54)69)50-38-56-55-16-6-11-21-63(55)70-64-22-12-8-18-58(64)67(60(40-50)65(56)70)45-34-41-33-42(36-45)37-46(67)35-41/h3-32,38-42,45-46H,33-37H2,1-2H3. The largest absolute Gasteiger partial charge is 0.310 e. The van der Waals surface area contributed by atoms with Crippen LogP contribution in [0.1, 0.15) is 68.2 Å². The van der Waals surface area contributed by atoms with Gasteiger partial charge in [0.15, 0.2) is 0 Å². The molecule has 2 aromatic heterocycles. The number of benzene rings is 9. The van der Waals surface area contributed by atoms with E-state index >= 15 is 0 Å². The molecule has 3 nitrogen and oxygen atoms in total. The smallest absolute Gasteiger partial charge is 0.0584 e. The second kappa shape index (κ2) is 14.0. The molecule has 5 aliphatic carbocycles. The third-order valence-electron chi connectivity index (χ3n) is 18.5. The molecular formula is C67H53N3. The summed E-state index contributed by atoms with van der Waals surface area (Å²) in [7, 11) is 0. The van der Waals surface area contributed by atoms with Crippen molar-refractivity contribution in [2.75, 3.05) is 4.90 Å². The SMILES string of the molecule is CC1(C)c2ccccc2-c2ccc(N(c3ccc(-c4ccc(-n5c6ccccc6c6ccccc65)cc4)cc3)c3cc4c5c(c3)c3ccccc3n5-c3ccccc3C43C4CC5CC(C4)CC3C5)cc21. The molecule has 70 heavy (non-hydrogen) atoms. The van der Waals surface area contributed by atoms with E-state index in [4.69, 9.17) is 0 Å². The molecule has 0 saturated heterocycles. The minimum Gasteiger partial charge on any atom is -0.310 e. The van der Waals surface area contributed by atoms with Gasteiger partial charge in [0.2, 0.25) is 0 Å². The van der Waals surface area contributed by atoms with Gasteiger partial charge in [0.1, 0.15) is 0 Å². The highest BCUT2D eigenvalue weighted by atomic mass is 15.1. The lowest BCUT2D eigenvalue weighted by molar-refractivity contribution is -0.0418. The summed E-state index contributed by atoms with van der Waals surface area (Å²) in [6.07, 6.45) is 6.82. The number of hydrogen-bond donors (Lipinski definition) is 0. The van der Waals surface area contributed by atoms with E-state index in [1.54, 1.807) is 11.1 Å². The average Bonchev–Trinajstić information content (AvgIpc) is 4.00. The molecule has 336 valence electrons. The highest BCUT2D eigenvalue weighted by molar-refractivity contribution is 6.13. The van der Waals surface area contributed by atoms with Crippen LogP contribution >= 0.6 is 0 Å². The van der Waals surface area contributed by atoms with Crippen molar-refractivity contribution in [2.24, 2.45) is 23.7 Å². The maximum Gasteiger partial charge on any atom is 0.0584 e. The number of aromatic nitrogens is 2. The van der Waals surface area contributed by atoms with E-state index in [9.17, 15) is 0 Å². The van der Waals surface area contributed by atoms with E-state index in [0.29, 0.717) is 11.8 Å². The Hall–Kier alpha value is -7.62. The van der Waals surface area contributed by atoms with Crippen molar-refractivity contribution in [3.63, 3.8) is 0 Å². The van der Waals surface area contributed by atoms with Gasteiger partial charge in [0.25, 0.3) is 0 Å². The summed E-state index contributed by atoms with van der Waals surface area (Å²) in [6.45, 7) is 4.82. The number of rotatable bonds is 5. The number of para-hydroxylation sites is 4. The normalized spacial score (nSPS) is 22.0. The van der Waals surface area contributed by atoms with Crippen LogP contribution in [0.5, 0.6) is 0 Å². The van der Waals surface area contributed by atoms with Crippen LogP contribution in [0, 0.1) is 23.7 Å². The van der Waals surface area contributed by atoms with Crippen LogP contribution in [0.4, 0.5) is 17.1 Å². The van der Waals surface area contributed by atoms with Gasteiger partial charge in [0, 0.05) is 55.1 Å². The Morgan fingerprint density at radius 3 is 1.59 bits per heavy atom. The molecule has 17 rings (SSSR count). The monoisotopic (exact) mass is 899 g/mol. The first-order valence-electron chi connectivity index (χ1n) is 25.8. The van der Waals surface area contributed by atoms with Crippen LogP contribution in [-0.2, 0) is 10.8 Å². The molecule has 4 saturated carbocycles. The van der Waals surface area contributed by atoms with Crippen LogP contribution in [0.15, 0.2) is 200 Å². The molecule has 4 fully saturated rings. The second-order valence-electron chi connectivity index (χ2n) is 22.1. The number of hydrogen-bond acceptors (Lipinski definition) is 1. The van der Waals surface area contributed by atoms with Crippen molar-refractivity contribution in [1.82, 2.24) is 9.13 Å². The Bertz CT molecular complexity index is 3910. The summed E-state index contributed by atoms with van der Waals surface area (Å²) in [4.78, 5) is 2.60. The Morgan fingerprint density at radius 1 is 0.400 bits per heavy atom. The molecule has 3 heterocycles. The highest BCUT2D eigenvalue weighted by Gasteiger charge is 2.61. The Balaban J connectivity index is 0.892. The lowest BCUT2D eigenvalue weighted by atomic mass is 9.41. The van der Waals surface area contributed by atoms with Gasteiger partial charge in [-0.3, -0.25) is 0 Å². The maximum absolute atomic E-state index is 2.68. The van der Waals surface area contributed by atoms with Crippen LogP contribution in [0.25, 0.3) is 77.2 Å². The first-order chi connectivity index (χ1) is 34.4. The van der Waals surface area contributed by atoms with Gasteiger partial charge in [0.05, 0.1) is 27.8 Å². The molecule has 0 radical (unpaired) electrons. The predicted molar refractivity (Wildman–Crippen MR) is 291 cm³/mol. The number of nitrogens with zero attached hydrogens (tertiary/aromatic N) is 3. The molecule has 1 aliphatic heterocycles. The predicted octanol–water partition coefficient (Wildman–Crippen LogP) is 17.4. The molecule has 0 amide bonds. The summed E-state index contributed by atoms with van der Waals surface area (Å²) >= 11 is 0. The zero-order chi connectivity index (χ0) is 46.0. The van der Waals surface area contributed by atoms with Crippen molar-refractivity contribution in [3.05, 3.63) is 222 Å². The van der Waals surface area contributed by atoms with E-state index in [1.807, 2.05) is 0 Å².